The van der Waals surface area contributed by atoms with Crippen LogP contribution in [0.1, 0.15) is 31.7 Å². The Balaban J connectivity index is 1.34. The monoisotopic (exact) mass is 350 g/mol. The molecular formula is C20H22N4O2. The summed E-state index contributed by atoms with van der Waals surface area (Å²) < 4.78 is 3.69. The van der Waals surface area contributed by atoms with Crippen LogP contribution in [-0.4, -0.2) is 26.1 Å². The Morgan fingerprint density at radius 1 is 1.08 bits per heavy atom. The average molecular weight is 350 g/mol. The maximum Gasteiger partial charge on any atom is 0.250 e. The van der Waals surface area contributed by atoms with E-state index in [1.54, 1.807) is 18.3 Å². The number of amides is 1. The molecule has 0 unspecified atom stereocenters. The summed E-state index contributed by atoms with van der Waals surface area (Å²) in [6.45, 7) is 0.0752. The number of hydrogen-bond acceptors (Lipinski definition) is 3. The van der Waals surface area contributed by atoms with Crippen LogP contribution in [0.25, 0.3) is 11.0 Å². The number of pyridine rings is 2. The average Bonchev–Trinajstić information content (AvgIpc) is 3.08. The summed E-state index contributed by atoms with van der Waals surface area (Å²) in [4.78, 5) is 28.4. The third kappa shape index (κ3) is 3.40. The quantitative estimate of drug-likeness (QED) is 0.786. The van der Waals surface area contributed by atoms with Gasteiger partial charge in [-0.15, -0.1) is 0 Å². The second kappa shape index (κ2) is 7.15. The smallest absolute Gasteiger partial charge is 0.250 e. The van der Waals surface area contributed by atoms with Gasteiger partial charge in [-0.2, -0.15) is 0 Å². The topological polar surface area (TPSA) is 68.9 Å². The Bertz CT molecular complexity index is 967. The first kappa shape index (κ1) is 16.6. The second-order valence-corrected chi connectivity index (χ2v) is 6.88. The van der Waals surface area contributed by atoms with E-state index >= 15 is 0 Å². The molecule has 6 nitrogen and oxygen atoms in total. The van der Waals surface area contributed by atoms with Gasteiger partial charge < -0.3 is 14.5 Å². The van der Waals surface area contributed by atoms with Crippen molar-refractivity contribution in [1.82, 2.24) is 19.4 Å². The highest BCUT2D eigenvalue weighted by Crippen LogP contribution is 2.31. The normalized spacial score (nSPS) is 20.2. The number of carbonyl (C=O) groups is 1. The highest BCUT2D eigenvalue weighted by Gasteiger charge is 2.24. The van der Waals surface area contributed by atoms with E-state index in [9.17, 15) is 9.59 Å². The van der Waals surface area contributed by atoms with Crippen LogP contribution in [-0.2, 0) is 11.3 Å². The van der Waals surface area contributed by atoms with Gasteiger partial charge in [0.2, 0.25) is 5.91 Å². The fraction of sp³-hybridized carbons (Fsp3) is 0.350. The Hall–Kier alpha value is -2.89. The van der Waals surface area contributed by atoms with Crippen LogP contribution in [0.4, 0.5) is 0 Å². The van der Waals surface area contributed by atoms with Crippen LogP contribution in [0.3, 0.4) is 0 Å². The van der Waals surface area contributed by atoms with Crippen molar-refractivity contribution in [2.45, 2.75) is 44.3 Å². The van der Waals surface area contributed by atoms with Gasteiger partial charge in [0.05, 0.1) is 0 Å². The zero-order chi connectivity index (χ0) is 17.9. The van der Waals surface area contributed by atoms with E-state index in [1.165, 1.54) is 10.6 Å². The first-order valence-electron chi connectivity index (χ1n) is 9.07. The van der Waals surface area contributed by atoms with Gasteiger partial charge >= 0.3 is 0 Å². The van der Waals surface area contributed by atoms with Crippen LogP contribution in [0.15, 0.2) is 59.8 Å². The highest BCUT2D eigenvalue weighted by molar-refractivity contribution is 5.76. The molecule has 3 heterocycles. The fourth-order valence-electron chi connectivity index (χ4n) is 3.80. The molecule has 0 atom stereocenters. The third-order valence-electron chi connectivity index (χ3n) is 5.14. The molecule has 1 N–H and O–H groups in total. The SMILES string of the molecule is O=C(Cn1ccccc1=O)NC1CCC(n2ccc3cccnc32)CC1. The van der Waals surface area contributed by atoms with Crippen LogP contribution in [0, 0.1) is 0 Å². The minimum absolute atomic E-state index is 0.0752. The van der Waals surface area contributed by atoms with Gasteiger partial charge in [-0.25, -0.2) is 4.98 Å². The number of aromatic nitrogens is 3. The second-order valence-electron chi connectivity index (χ2n) is 6.88. The molecule has 0 radical (unpaired) electrons. The molecule has 0 aromatic carbocycles. The van der Waals surface area contributed by atoms with Crippen molar-refractivity contribution < 1.29 is 4.79 Å². The zero-order valence-electron chi connectivity index (χ0n) is 14.5. The zero-order valence-corrected chi connectivity index (χ0v) is 14.5. The van der Waals surface area contributed by atoms with Gasteiger partial charge in [0.1, 0.15) is 12.2 Å². The first-order chi connectivity index (χ1) is 12.7. The number of fused-ring (bicyclic) bond motifs is 1. The summed E-state index contributed by atoms with van der Waals surface area (Å²) in [6.07, 6.45) is 9.48. The first-order valence-corrected chi connectivity index (χ1v) is 9.07. The van der Waals surface area contributed by atoms with Gasteiger partial charge in [-0.05, 0) is 49.9 Å². The molecule has 0 saturated heterocycles. The van der Waals surface area contributed by atoms with Crippen molar-refractivity contribution in [3.8, 4) is 0 Å². The summed E-state index contributed by atoms with van der Waals surface area (Å²) in [5.41, 5.74) is 0.877. The number of hydrogen-bond donors (Lipinski definition) is 1. The Morgan fingerprint density at radius 2 is 1.92 bits per heavy atom. The van der Waals surface area contributed by atoms with Crippen molar-refractivity contribution in [3.63, 3.8) is 0 Å². The van der Waals surface area contributed by atoms with Gasteiger partial charge in [0, 0.05) is 42.1 Å². The predicted octanol–water partition coefficient (Wildman–Crippen LogP) is 2.50. The summed E-state index contributed by atoms with van der Waals surface area (Å²) in [5.74, 6) is -0.102. The van der Waals surface area contributed by atoms with Gasteiger partial charge in [-0.3, -0.25) is 9.59 Å². The molecule has 4 rings (SSSR count). The van der Waals surface area contributed by atoms with Crippen molar-refractivity contribution in [2.24, 2.45) is 0 Å². The summed E-state index contributed by atoms with van der Waals surface area (Å²) in [6, 6.07) is 11.6. The highest BCUT2D eigenvalue weighted by atomic mass is 16.2. The molecule has 1 fully saturated rings. The standard InChI is InChI=1S/C20H22N4O2/c25-18(14-23-12-2-1-5-19(23)26)22-16-6-8-17(9-7-16)24-13-10-15-4-3-11-21-20(15)24/h1-5,10-13,16-17H,6-9,14H2,(H,22,25). The van der Waals surface area contributed by atoms with E-state index in [4.69, 9.17) is 0 Å². The summed E-state index contributed by atoms with van der Waals surface area (Å²) >= 11 is 0. The molecule has 3 aromatic rings. The fourth-order valence-corrected chi connectivity index (χ4v) is 3.80. The predicted molar refractivity (Wildman–Crippen MR) is 99.9 cm³/mol. The van der Waals surface area contributed by atoms with Crippen molar-refractivity contribution in [2.75, 3.05) is 0 Å². The lowest BCUT2D eigenvalue weighted by atomic mass is 9.91. The van der Waals surface area contributed by atoms with Crippen molar-refractivity contribution >= 4 is 16.9 Å². The lowest BCUT2D eigenvalue weighted by molar-refractivity contribution is -0.122. The Kier molecular flexibility index (Phi) is 4.56. The third-order valence-corrected chi connectivity index (χ3v) is 5.14. The van der Waals surface area contributed by atoms with Crippen LogP contribution in [0.2, 0.25) is 0 Å². The van der Waals surface area contributed by atoms with Crippen molar-refractivity contribution in [3.05, 3.63) is 65.3 Å². The number of rotatable bonds is 4. The van der Waals surface area contributed by atoms with Crippen LogP contribution < -0.4 is 10.9 Å². The minimum Gasteiger partial charge on any atom is -0.352 e. The van der Waals surface area contributed by atoms with Crippen molar-refractivity contribution in [1.29, 1.82) is 0 Å². The van der Waals surface area contributed by atoms with Gasteiger partial charge in [-0.1, -0.05) is 6.07 Å². The van der Waals surface area contributed by atoms with Crippen LogP contribution >= 0.6 is 0 Å². The molecule has 134 valence electrons. The molecule has 0 spiro atoms. The number of nitrogens with zero attached hydrogens (tertiary/aromatic N) is 3. The summed E-state index contributed by atoms with van der Waals surface area (Å²) in [7, 11) is 0. The van der Waals surface area contributed by atoms with Gasteiger partial charge in [0.15, 0.2) is 0 Å². The number of carbonyl (C=O) groups excluding carboxylic acids is 1. The van der Waals surface area contributed by atoms with E-state index in [2.05, 4.69) is 33.2 Å². The molecule has 0 aliphatic heterocycles. The van der Waals surface area contributed by atoms with Crippen LogP contribution in [0.5, 0.6) is 0 Å². The van der Waals surface area contributed by atoms with E-state index in [0.717, 1.165) is 36.7 Å². The maximum atomic E-state index is 12.2. The Morgan fingerprint density at radius 3 is 2.73 bits per heavy atom. The largest absolute Gasteiger partial charge is 0.352 e. The van der Waals surface area contributed by atoms with E-state index in [0.29, 0.717) is 6.04 Å². The molecule has 1 aliphatic carbocycles. The summed E-state index contributed by atoms with van der Waals surface area (Å²) in [5, 5.41) is 4.24. The lowest BCUT2D eigenvalue weighted by Gasteiger charge is -2.30. The maximum absolute atomic E-state index is 12.2. The number of nitrogens with one attached hydrogen (secondary N) is 1. The molecule has 6 heteroatoms. The molecule has 26 heavy (non-hydrogen) atoms. The molecule has 1 amide bonds. The minimum atomic E-state index is -0.154. The molecule has 3 aromatic heterocycles. The molecular weight excluding hydrogens is 328 g/mol. The molecule has 0 bridgehead atoms. The van der Waals surface area contributed by atoms with E-state index in [-0.39, 0.29) is 24.1 Å². The molecule has 1 aliphatic rings. The lowest BCUT2D eigenvalue weighted by Crippen LogP contribution is -2.40. The van der Waals surface area contributed by atoms with E-state index in [1.807, 2.05) is 12.3 Å². The Labute approximate surface area is 151 Å². The van der Waals surface area contributed by atoms with E-state index < -0.39 is 0 Å². The van der Waals surface area contributed by atoms with Gasteiger partial charge in [0.25, 0.3) is 5.56 Å². The molecule has 1 saturated carbocycles.